The van der Waals surface area contributed by atoms with Gasteiger partial charge in [-0.2, -0.15) is 0 Å². The first-order valence-electron chi connectivity index (χ1n) is 30.8. The summed E-state index contributed by atoms with van der Waals surface area (Å²) in [6.45, 7) is 6.60. The molecule has 0 aromatic rings. The van der Waals surface area contributed by atoms with Gasteiger partial charge in [0.15, 0.2) is 6.10 Å². The zero-order valence-corrected chi connectivity index (χ0v) is 47.2. The van der Waals surface area contributed by atoms with Gasteiger partial charge in [0, 0.05) is 19.3 Å². The summed E-state index contributed by atoms with van der Waals surface area (Å²) >= 11 is 0. The molecular formula is C65H116O6. The molecule has 0 aliphatic rings. The van der Waals surface area contributed by atoms with Gasteiger partial charge in [0.25, 0.3) is 0 Å². The Bertz CT molecular complexity index is 1280. The van der Waals surface area contributed by atoms with E-state index in [4.69, 9.17) is 14.2 Å². The number of carbonyl (C=O) groups excluding carboxylic acids is 3. The van der Waals surface area contributed by atoms with Crippen LogP contribution in [0.1, 0.15) is 316 Å². The Morgan fingerprint density at radius 2 is 0.521 bits per heavy atom. The van der Waals surface area contributed by atoms with Gasteiger partial charge in [0.05, 0.1) is 0 Å². The van der Waals surface area contributed by atoms with Crippen molar-refractivity contribution in [1.29, 1.82) is 0 Å². The lowest BCUT2D eigenvalue weighted by Crippen LogP contribution is -2.30. The molecule has 0 aliphatic carbocycles. The summed E-state index contributed by atoms with van der Waals surface area (Å²) in [5.74, 6) is -0.939. The highest BCUT2D eigenvalue weighted by Gasteiger charge is 2.19. The van der Waals surface area contributed by atoms with Crippen LogP contribution in [0.25, 0.3) is 0 Å². The number of allylic oxidation sites excluding steroid dienone is 10. The summed E-state index contributed by atoms with van der Waals surface area (Å²) in [5, 5.41) is 0. The highest BCUT2D eigenvalue weighted by Crippen LogP contribution is 2.16. The summed E-state index contributed by atoms with van der Waals surface area (Å²) < 4.78 is 16.9. The molecule has 0 unspecified atom stereocenters. The fraction of sp³-hybridized carbons (Fsp3) is 0.800. The van der Waals surface area contributed by atoms with E-state index in [1.807, 2.05) is 0 Å². The average molecular weight is 994 g/mol. The Labute approximate surface area is 440 Å². The van der Waals surface area contributed by atoms with E-state index in [0.717, 1.165) is 64.2 Å². The number of hydrogen-bond donors (Lipinski definition) is 0. The second kappa shape index (κ2) is 59.7. The van der Waals surface area contributed by atoms with Crippen molar-refractivity contribution in [2.45, 2.75) is 322 Å². The van der Waals surface area contributed by atoms with Crippen LogP contribution in [0.3, 0.4) is 0 Å². The van der Waals surface area contributed by atoms with Crippen molar-refractivity contribution in [1.82, 2.24) is 0 Å². The zero-order valence-electron chi connectivity index (χ0n) is 47.2. The van der Waals surface area contributed by atoms with Crippen molar-refractivity contribution >= 4 is 17.9 Å². The van der Waals surface area contributed by atoms with E-state index in [0.29, 0.717) is 19.3 Å². The fourth-order valence-corrected chi connectivity index (χ4v) is 8.84. The van der Waals surface area contributed by atoms with E-state index < -0.39 is 6.10 Å². The fourth-order valence-electron chi connectivity index (χ4n) is 8.84. The van der Waals surface area contributed by atoms with Crippen molar-refractivity contribution in [2.75, 3.05) is 13.2 Å². The molecule has 71 heavy (non-hydrogen) atoms. The van der Waals surface area contributed by atoms with E-state index in [-0.39, 0.29) is 37.5 Å². The molecule has 0 rings (SSSR count). The lowest BCUT2D eigenvalue weighted by Gasteiger charge is -2.18. The van der Waals surface area contributed by atoms with Crippen LogP contribution >= 0.6 is 0 Å². The quantitative estimate of drug-likeness (QED) is 0.0261. The van der Waals surface area contributed by atoms with Gasteiger partial charge in [-0.25, -0.2) is 0 Å². The van der Waals surface area contributed by atoms with E-state index in [1.165, 1.54) is 205 Å². The molecule has 0 fully saturated rings. The highest BCUT2D eigenvalue weighted by molar-refractivity contribution is 5.71. The van der Waals surface area contributed by atoms with E-state index in [2.05, 4.69) is 81.5 Å². The summed E-state index contributed by atoms with van der Waals surface area (Å²) in [7, 11) is 0. The third-order valence-electron chi connectivity index (χ3n) is 13.5. The molecule has 412 valence electrons. The van der Waals surface area contributed by atoms with Crippen molar-refractivity contribution in [3.8, 4) is 0 Å². The molecule has 0 amide bonds. The average Bonchev–Trinajstić information content (AvgIpc) is 3.37. The largest absolute Gasteiger partial charge is 0.462 e. The smallest absolute Gasteiger partial charge is 0.306 e. The minimum Gasteiger partial charge on any atom is -0.462 e. The van der Waals surface area contributed by atoms with Gasteiger partial charge in [-0.05, 0) is 83.5 Å². The molecule has 0 aliphatic heterocycles. The number of ether oxygens (including phenoxy) is 3. The summed E-state index contributed by atoms with van der Waals surface area (Å²) in [5.41, 5.74) is 0. The summed E-state index contributed by atoms with van der Waals surface area (Å²) in [6.07, 6.45) is 75.1. The van der Waals surface area contributed by atoms with Crippen LogP contribution in [0.5, 0.6) is 0 Å². The lowest BCUT2D eigenvalue weighted by molar-refractivity contribution is -0.167. The second-order valence-electron chi connectivity index (χ2n) is 20.6. The number of esters is 3. The van der Waals surface area contributed by atoms with Crippen molar-refractivity contribution < 1.29 is 28.6 Å². The molecule has 0 bridgehead atoms. The molecule has 0 heterocycles. The van der Waals surface area contributed by atoms with Gasteiger partial charge in [0.2, 0.25) is 0 Å². The highest BCUT2D eigenvalue weighted by atomic mass is 16.6. The minimum absolute atomic E-state index is 0.0942. The predicted octanol–water partition coefficient (Wildman–Crippen LogP) is 20.8. The van der Waals surface area contributed by atoms with Gasteiger partial charge in [-0.1, -0.05) is 274 Å². The first-order valence-corrected chi connectivity index (χ1v) is 30.8. The van der Waals surface area contributed by atoms with E-state index in [1.54, 1.807) is 0 Å². The standard InChI is InChI=1S/C65H116O6/c1-4-7-10-13-16-19-22-25-28-31-32-35-37-40-43-46-49-52-55-58-64(67)70-61-62(71-65(68)59-56-53-50-47-44-41-38-34-30-27-24-21-18-15-12-9-6-3)60-69-63(66)57-54-51-48-45-42-39-36-33-29-26-23-20-17-14-11-8-5-2/h18,21,26-27,29-30,38,41,47,50,62H,4-17,19-20,22-25,28,31-37,39-40,42-46,48-49,51-61H2,1-3H3/b21-18+,29-26+,30-27+,41-38+,50-47+/t62-/m1/s1. The third kappa shape index (κ3) is 57.9. The normalized spacial score (nSPS) is 12.4. The Hall–Kier alpha value is -2.89. The van der Waals surface area contributed by atoms with E-state index in [9.17, 15) is 14.4 Å². The Balaban J connectivity index is 4.42. The van der Waals surface area contributed by atoms with Crippen LogP contribution in [0.2, 0.25) is 0 Å². The van der Waals surface area contributed by atoms with Crippen LogP contribution in [0.15, 0.2) is 60.8 Å². The molecule has 0 saturated heterocycles. The maximum atomic E-state index is 12.9. The SMILES string of the molecule is CCCCC/C=C/C/C=C/C/C=C/C/C=C/CCCC(=O)O[C@H](COC(=O)CCCCCCCCC/C=C/CCCCCCCC)COC(=O)CCCCCCCCCCCCCCCCCCCCC. The van der Waals surface area contributed by atoms with Gasteiger partial charge in [-0.15, -0.1) is 0 Å². The minimum atomic E-state index is -0.803. The molecular weight excluding hydrogens is 877 g/mol. The Morgan fingerprint density at radius 1 is 0.282 bits per heavy atom. The summed E-state index contributed by atoms with van der Waals surface area (Å²) in [4.78, 5) is 38.2. The first kappa shape index (κ1) is 68.1. The maximum absolute atomic E-state index is 12.9. The van der Waals surface area contributed by atoms with E-state index >= 15 is 0 Å². The van der Waals surface area contributed by atoms with Gasteiger partial charge in [-0.3, -0.25) is 14.4 Å². The molecule has 0 aromatic heterocycles. The number of unbranched alkanes of at least 4 members (excludes halogenated alkanes) is 35. The Kier molecular flexibility index (Phi) is 57.2. The van der Waals surface area contributed by atoms with Crippen LogP contribution < -0.4 is 0 Å². The van der Waals surface area contributed by atoms with Crippen LogP contribution in [-0.2, 0) is 28.6 Å². The summed E-state index contributed by atoms with van der Waals surface area (Å²) in [6, 6.07) is 0. The predicted molar refractivity (Wildman–Crippen MR) is 307 cm³/mol. The molecule has 0 aromatic carbocycles. The molecule has 0 N–H and O–H groups in total. The molecule has 0 radical (unpaired) electrons. The van der Waals surface area contributed by atoms with Gasteiger partial charge >= 0.3 is 17.9 Å². The lowest BCUT2D eigenvalue weighted by atomic mass is 10.0. The second-order valence-corrected chi connectivity index (χ2v) is 20.6. The van der Waals surface area contributed by atoms with Crippen molar-refractivity contribution in [3.05, 3.63) is 60.8 Å². The molecule has 6 nitrogen and oxygen atoms in total. The first-order chi connectivity index (χ1) is 35.0. The molecule has 0 saturated carbocycles. The molecule has 1 atom stereocenters. The Morgan fingerprint density at radius 3 is 0.873 bits per heavy atom. The topological polar surface area (TPSA) is 78.9 Å². The number of rotatable bonds is 56. The van der Waals surface area contributed by atoms with Gasteiger partial charge in [0.1, 0.15) is 13.2 Å². The van der Waals surface area contributed by atoms with Crippen LogP contribution in [-0.4, -0.2) is 37.2 Å². The number of carbonyl (C=O) groups is 3. The molecule has 6 heteroatoms. The number of hydrogen-bond acceptors (Lipinski definition) is 6. The van der Waals surface area contributed by atoms with Gasteiger partial charge < -0.3 is 14.2 Å². The third-order valence-corrected chi connectivity index (χ3v) is 13.5. The van der Waals surface area contributed by atoms with Crippen LogP contribution in [0, 0.1) is 0 Å². The van der Waals surface area contributed by atoms with Crippen molar-refractivity contribution in [2.24, 2.45) is 0 Å². The van der Waals surface area contributed by atoms with Crippen molar-refractivity contribution in [3.63, 3.8) is 0 Å². The zero-order chi connectivity index (χ0) is 51.4. The van der Waals surface area contributed by atoms with Crippen LogP contribution in [0.4, 0.5) is 0 Å². The molecule has 0 spiro atoms. The maximum Gasteiger partial charge on any atom is 0.306 e. The monoisotopic (exact) mass is 993 g/mol.